The van der Waals surface area contributed by atoms with E-state index in [1.54, 1.807) is 11.0 Å². The molecule has 2 rings (SSSR count). The van der Waals surface area contributed by atoms with Crippen LogP contribution in [0.25, 0.3) is 0 Å². The van der Waals surface area contributed by atoms with E-state index in [0.29, 0.717) is 13.0 Å². The summed E-state index contributed by atoms with van der Waals surface area (Å²) in [5.74, 6) is 4.82. The number of nitrogens with zero attached hydrogens (tertiary/aromatic N) is 3. The van der Waals surface area contributed by atoms with Gasteiger partial charge in [-0.25, -0.2) is 15.5 Å². The Morgan fingerprint density at radius 1 is 1.29 bits per heavy atom. The summed E-state index contributed by atoms with van der Waals surface area (Å²) in [6, 6.07) is 7.73. The smallest absolute Gasteiger partial charge is 0.238 e. The second-order valence-corrected chi connectivity index (χ2v) is 3.65. The lowest BCUT2D eigenvalue weighted by molar-refractivity contribution is -0.120. The van der Waals surface area contributed by atoms with Crippen molar-refractivity contribution in [2.75, 3.05) is 0 Å². The third-order valence-corrected chi connectivity index (χ3v) is 2.36. The summed E-state index contributed by atoms with van der Waals surface area (Å²) in [6.07, 6.45) is 3.45. The van der Waals surface area contributed by atoms with Crippen molar-refractivity contribution >= 4 is 5.91 Å². The molecule has 6 nitrogen and oxygen atoms in total. The molecule has 1 aromatic carbocycles. The van der Waals surface area contributed by atoms with Gasteiger partial charge in [0.25, 0.3) is 0 Å². The van der Waals surface area contributed by atoms with Crippen LogP contribution in [0.3, 0.4) is 0 Å². The number of hydrogen-bond donors (Lipinski definition) is 2. The average Bonchev–Trinajstić information content (AvgIpc) is 2.84. The van der Waals surface area contributed by atoms with Crippen LogP contribution in [0.2, 0.25) is 0 Å². The van der Waals surface area contributed by atoms with Crippen LogP contribution in [0.4, 0.5) is 0 Å². The van der Waals surface area contributed by atoms with Gasteiger partial charge in [-0.3, -0.25) is 10.2 Å². The summed E-state index contributed by atoms with van der Waals surface area (Å²) in [7, 11) is 0. The molecule has 0 saturated heterocycles. The van der Waals surface area contributed by atoms with E-state index >= 15 is 0 Å². The molecule has 0 bridgehead atoms. The fourth-order valence-electron chi connectivity index (χ4n) is 1.50. The zero-order valence-corrected chi connectivity index (χ0v) is 9.21. The van der Waals surface area contributed by atoms with E-state index in [4.69, 9.17) is 5.84 Å². The van der Waals surface area contributed by atoms with Crippen LogP contribution in [-0.4, -0.2) is 20.7 Å². The second kappa shape index (κ2) is 5.22. The van der Waals surface area contributed by atoms with Crippen LogP contribution in [-0.2, 0) is 17.8 Å². The normalized spacial score (nSPS) is 10.2. The van der Waals surface area contributed by atoms with Gasteiger partial charge in [0.2, 0.25) is 5.91 Å². The van der Waals surface area contributed by atoms with E-state index in [9.17, 15) is 4.79 Å². The molecule has 0 aliphatic rings. The van der Waals surface area contributed by atoms with Gasteiger partial charge in [0.05, 0.1) is 13.0 Å². The highest BCUT2D eigenvalue weighted by Gasteiger charge is 2.01. The van der Waals surface area contributed by atoms with Crippen LogP contribution in [0.1, 0.15) is 11.1 Å². The Balaban J connectivity index is 2.00. The highest BCUT2D eigenvalue weighted by Crippen LogP contribution is 2.06. The van der Waals surface area contributed by atoms with E-state index in [1.165, 1.54) is 6.33 Å². The molecule has 0 spiro atoms. The standard InChI is InChI=1S/C11H13N5O/c12-15-11(17)5-9-1-3-10(4-2-9)6-16-8-13-7-14-16/h1-4,7-8H,5-6,12H2,(H,15,17). The maximum atomic E-state index is 11.1. The van der Waals surface area contributed by atoms with Gasteiger partial charge >= 0.3 is 0 Å². The van der Waals surface area contributed by atoms with Crippen molar-refractivity contribution in [3.63, 3.8) is 0 Å². The average molecular weight is 231 g/mol. The molecule has 2 aromatic rings. The number of carbonyl (C=O) groups excluding carboxylic acids is 1. The van der Waals surface area contributed by atoms with E-state index in [0.717, 1.165) is 11.1 Å². The summed E-state index contributed by atoms with van der Waals surface area (Å²) in [5.41, 5.74) is 4.13. The molecule has 88 valence electrons. The number of nitrogens with one attached hydrogen (secondary N) is 1. The molecule has 1 aromatic heterocycles. The monoisotopic (exact) mass is 231 g/mol. The first kappa shape index (κ1) is 11.3. The van der Waals surface area contributed by atoms with Crippen LogP contribution >= 0.6 is 0 Å². The fraction of sp³-hybridized carbons (Fsp3) is 0.182. The number of hydrazine groups is 1. The zero-order chi connectivity index (χ0) is 12.1. The molecule has 3 N–H and O–H groups in total. The van der Waals surface area contributed by atoms with Crippen LogP contribution in [0.5, 0.6) is 0 Å². The molecular weight excluding hydrogens is 218 g/mol. The predicted molar refractivity (Wildman–Crippen MR) is 61.6 cm³/mol. The Bertz CT molecular complexity index is 477. The Morgan fingerprint density at radius 3 is 2.59 bits per heavy atom. The van der Waals surface area contributed by atoms with Crippen LogP contribution in [0, 0.1) is 0 Å². The zero-order valence-electron chi connectivity index (χ0n) is 9.21. The summed E-state index contributed by atoms with van der Waals surface area (Å²) >= 11 is 0. The number of amides is 1. The first-order chi connectivity index (χ1) is 8.28. The van der Waals surface area contributed by atoms with Crippen molar-refractivity contribution in [2.45, 2.75) is 13.0 Å². The van der Waals surface area contributed by atoms with Crippen LogP contribution < -0.4 is 11.3 Å². The molecule has 0 atom stereocenters. The van der Waals surface area contributed by atoms with Gasteiger partial charge in [-0.1, -0.05) is 24.3 Å². The summed E-state index contributed by atoms with van der Waals surface area (Å²) in [5, 5.41) is 4.02. The number of aromatic nitrogens is 3. The third kappa shape index (κ3) is 3.12. The number of nitrogens with two attached hydrogens (primary N) is 1. The van der Waals surface area contributed by atoms with E-state index in [-0.39, 0.29) is 5.91 Å². The lowest BCUT2D eigenvalue weighted by Crippen LogP contribution is -2.31. The summed E-state index contributed by atoms with van der Waals surface area (Å²) in [6.45, 7) is 0.670. The quantitative estimate of drug-likeness (QED) is 0.435. The minimum Gasteiger partial charge on any atom is -0.294 e. The molecular formula is C11H13N5O. The van der Waals surface area contributed by atoms with Gasteiger partial charge in [0.15, 0.2) is 0 Å². The molecule has 0 unspecified atom stereocenters. The number of rotatable bonds is 4. The highest BCUT2D eigenvalue weighted by atomic mass is 16.2. The SMILES string of the molecule is NNC(=O)Cc1ccc(Cn2cncn2)cc1. The van der Waals surface area contributed by atoms with Crippen molar-refractivity contribution in [1.29, 1.82) is 0 Å². The summed E-state index contributed by atoms with van der Waals surface area (Å²) < 4.78 is 1.74. The molecule has 0 fully saturated rings. The van der Waals surface area contributed by atoms with Gasteiger partial charge in [-0.15, -0.1) is 0 Å². The fourth-order valence-corrected chi connectivity index (χ4v) is 1.50. The Labute approximate surface area is 98.4 Å². The van der Waals surface area contributed by atoms with Crippen molar-refractivity contribution in [2.24, 2.45) is 5.84 Å². The molecule has 0 aliphatic carbocycles. The Morgan fingerprint density at radius 2 is 2.00 bits per heavy atom. The van der Waals surface area contributed by atoms with Gasteiger partial charge in [0.1, 0.15) is 12.7 Å². The molecule has 0 aliphatic heterocycles. The number of carbonyl (C=O) groups is 1. The minimum absolute atomic E-state index is 0.200. The molecule has 0 radical (unpaired) electrons. The summed E-state index contributed by atoms with van der Waals surface area (Å²) in [4.78, 5) is 14.9. The van der Waals surface area contributed by atoms with E-state index in [2.05, 4.69) is 15.5 Å². The van der Waals surface area contributed by atoms with Gasteiger partial charge in [0, 0.05) is 0 Å². The van der Waals surface area contributed by atoms with Crippen molar-refractivity contribution in [3.8, 4) is 0 Å². The minimum atomic E-state index is -0.200. The first-order valence-corrected chi connectivity index (χ1v) is 5.17. The Hall–Kier alpha value is -2.21. The molecule has 1 heterocycles. The van der Waals surface area contributed by atoms with Gasteiger partial charge in [-0.05, 0) is 11.1 Å². The van der Waals surface area contributed by atoms with E-state index in [1.807, 2.05) is 24.3 Å². The third-order valence-electron chi connectivity index (χ3n) is 2.36. The molecule has 17 heavy (non-hydrogen) atoms. The molecule has 0 saturated carbocycles. The van der Waals surface area contributed by atoms with Gasteiger partial charge < -0.3 is 0 Å². The molecule has 6 heteroatoms. The molecule has 1 amide bonds. The number of benzene rings is 1. The maximum Gasteiger partial charge on any atom is 0.238 e. The Kier molecular flexibility index (Phi) is 3.46. The lowest BCUT2D eigenvalue weighted by Gasteiger charge is -2.03. The number of hydrogen-bond acceptors (Lipinski definition) is 4. The topological polar surface area (TPSA) is 85.8 Å². The lowest BCUT2D eigenvalue weighted by atomic mass is 10.1. The van der Waals surface area contributed by atoms with E-state index < -0.39 is 0 Å². The van der Waals surface area contributed by atoms with Gasteiger partial charge in [-0.2, -0.15) is 5.10 Å². The van der Waals surface area contributed by atoms with Crippen molar-refractivity contribution in [3.05, 3.63) is 48.0 Å². The first-order valence-electron chi connectivity index (χ1n) is 5.17. The van der Waals surface area contributed by atoms with Crippen molar-refractivity contribution in [1.82, 2.24) is 20.2 Å². The second-order valence-electron chi connectivity index (χ2n) is 3.65. The van der Waals surface area contributed by atoms with Crippen molar-refractivity contribution < 1.29 is 4.79 Å². The maximum absolute atomic E-state index is 11.1. The van der Waals surface area contributed by atoms with Crippen LogP contribution in [0.15, 0.2) is 36.9 Å². The largest absolute Gasteiger partial charge is 0.294 e. The predicted octanol–water partition coefficient (Wildman–Crippen LogP) is -0.141. The highest BCUT2D eigenvalue weighted by molar-refractivity contribution is 5.77.